The number of hydrogen-bond donors (Lipinski definition) is 1. The van der Waals surface area contributed by atoms with Crippen molar-refractivity contribution in [2.45, 2.75) is 11.4 Å². The lowest BCUT2D eigenvalue weighted by Crippen LogP contribution is -1.99. The minimum absolute atomic E-state index is 0.758. The number of hydrogen-bond acceptors (Lipinski definition) is 4. The molecule has 0 aliphatic heterocycles. The van der Waals surface area contributed by atoms with Crippen molar-refractivity contribution in [2.24, 2.45) is 5.73 Å². The molecule has 2 rings (SSSR count). The van der Waals surface area contributed by atoms with Crippen molar-refractivity contribution in [3.05, 3.63) is 17.9 Å². The lowest BCUT2D eigenvalue weighted by Gasteiger charge is -1.94. The first-order chi connectivity index (χ1) is 6.42. The smallest absolute Gasteiger partial charge is 0.133 e. The van der Waals surface area contributed by atoms with Crippen molar-refractivity contribution in [1.82, 2.24) is 9.38 Å². The zero-order valence-corrected chi connectivity index (χ0v) is 8.77. The van der Waals surface area contributed by atoms with Gasteiger partial charge in [-0.15, -0.1) is 23.1 Å². The Morgan fingerprint density at radius 2 is 2.54 bits per heavy atom. The predicted octanol–water partition coefficient (Wildman–Crippen LogP) is 1.84. The standard InChI is InChI=1S/C8H11N3S2/c9-2-1-4-12-7-8-11(6-10-7)3-5-13-8/h3,5-6H,1-2,4,9H2. The van der Waals surface area contributed by atoms with Gasteiger partial charge < -0.3 is 5.73 Å². The fraction of sp³-hybridized carbons (Fsp3) is 0.375. The van der Waals surface area contributed by atoms with Crippen LogP contribution in [0.25, 0.3) is 4.83 Å². The summed E-state index contributed by atoms with van der Waals surface area (Å²) < 4.78 is 2.05. The molecular weight excluding hydrogens is 202 g/mol. The summed E-state index contributed by atoms with van der Waals surface area (Å²) in [4.78, 5) is 5.56. The van der Waals surface area contributed by atoms with Crippen molar-refractivity contribution < 1.29 is 0 Å². The Bertz CT molecular complexity index is 379. The van der Waals surface area contributed by atoms with E-state index in [2.05, 4.69) is 14.8 Å². The zero-order chi connectivity index (χ0) is 9.10. The van der Waals surface area contributed by atoms with Crippen LogP contribution in [0.5, 0.6) is 0 Å². The Kier molecular flexibility index (Phi) is 2.87. The molecule has 5 heteroatoms. The number of rotatable bonds is 4. The molecule has 0 saturated carbocycles. The molecular formula is C8H11N3S2. The number of nitrogens with two attached hydrogens (primary N) is 1. The molecule has 0 fully saturated rings. The van der Waals surface area contributed by atoms with Crippen LogP contribution >= 0.6 is 23.1 Å². The Morgan fingerprint density at radius 3 is 3.38 bits per heavy atom. The van der Waals surface area contributed by atoms with Crippen molar-refractivity contribution >= 4 is 27.9 Å². The highest BCUT2D eigenvalue weighted by Crippen LogP contribution is 2.25. The molecule has 3 nitrogen and oxygen atoms in total. The second-order valence-corrected chi connectivity index (χ2v) is 4.63. The van der Waals surface area contributed by atoms with E-state index in [-0.39, 0.29) is 0 Å². The van der Waals surface area contributed by atoms with Crippen LogP contribution in [0.4, 0.5) is 0 Å². The topological polar surface area (TPSA) is 43.3 Å². The van der Waals surface area contributed by atoms with Gasteiger partial charge in [0.05, 0.1) is 0 Å². The van der Waals surface area contributed by atoms with Gasteiger partial charge >= 0.3 is 0 Å². The quantitative estimate of drug-likeness (QED) is 0.622. The summed E-state index contributed by atoms with van der Waals surface area (Å²) in [5, 5.41) is 3.20. The lowest BCUT2D eigenvalue weighted by atomic mass is 10.5. The van der Waals surface area contributed by atoms with Crippen LogP contribution in [0.1, 0.15) is 6.42 Å². The van der Waals surface area contributed by atoms with Crippen LogP contribution in [-0.2, 0) is 0 Å². The van der Waals surface area contributed by atoms with Gasteiger partial charge in [0.25, 0.3) is 0 Å². The summed E-state index contributed by atoms with van der Waals surface area (Å²) in [6, 6.07) is 0. The van der Waals surface area contributed by atoms with Crippen LogP contribution < -0.4 is 5.73 Å². The van der Waals surface area contributed by atoms with Gasteiger partial charge in [0.2, 0.25) is 0 Å². The number of imidazole rings is 1. The van der Waals surface area contributed by atoms with Crippen molar-refractivity contribution in [3.63, 3.8) is 0 Å². The van der Waals surface area contributed by atoms with E-state index < -0.39 is 0 Å². The summed E-state index contributed by atoms with van der Waals surface area (Å²) in [6.45, 7) is 0.758. The summed E-state index contributed by atoms with van der Waals surface area (Å²) in [5.41, 5.74) is 5.42. The highest BCUT2D eigenvalue weighted by Gasteiger charge is 2.04. The third kappa shape index (κ3) is 1.87. The number of fused-ring (bicyclic) bond motifs is 1. The Hall–Kier alpha value is -0.520. The van der Waals surface area contributed by atoms with Gasteiger partial charge in [-0.3, -0.25) is 4.40 Å². The van der Waals surface area contributed by atoms with Crippen molar-refractivity contribution in [1.29, 1.82) is 0 Å². The van der Waals surface area contributed by atoms with Gasteiger partial charge in [0.15, 0.2) is 0 Å². The molecule has 0 aliphatic carbocycles. The minimum atomic E-state index is 0.758. The Labute approximate surface area is 85.0 Å². The maximum Gasteiger partial charge on any atom is 0.133 e. The molecule has 2 aromatic rings. The van der Waals surface area contributed by atoms with Crippen molar-refractivity contribution in [2.75, 3.05) is 12.3 Å². The number of nitrogens with zero attached hydrogens (tertiary/aromatic N) is 2. The van der Waals surface area contributed by atoms with Crippen LogP contribution in [0.2, 0.25) is 0 Å². The molecule has 0 spiro atoms. The van der Waals surface area contributed by atoms with E-state index in [0.717, 1.165) is 23.7 Å². The highest BCUT2D eigenvalue weighted by molar-refractivity contribution is 7.99. The van der Waals surface area contributed by atoms with Gasteiger partial charge in [-0.25, -0.2) is 4.98 Å². The number of thiazole rings is 1. The van der Waals surface area contributed by atoms with E-state index in [1.165, 1.54) is 4.83 Å². The molecule has 0 bridgehead atoms. The van der Waals surface area contributed by atoms with Crippen LogP contribution in [-0.4, -0.2) is 21.7 Å². The largest absolute Gasteiger partial charge is 0.330 e. The first kappa shape index (κ1) is 9.05. The molecule has 0 radical (unpaired) electrons. The number of thioether (sulfide) groups is 1. The molecule has 0 saturated heterocycles. The van der Waals surface area contributed by atoms with E-state index in [9.17, 15) is 0 Å². The highest BCUT2D eigenvalue weighted by atomic mass is 32.2. The van der Waals surface area contributed by atoms with Crippen LogP contribution in [0.15, 0.2) is 22.9 Å². The van der Waals surface area contributed by atoms with E-state index in [0.29, 0.717) is 0 Å². The summed E-state index contributed by atoms with van der Waals surface area (Å²) in [5.74, 6) is 1.06. The molecule has 2 aromatic heterocycles. The third-order valence-corrected chi connectivity index (χ3v) is 3.78. The minimum Gasteiger partial charge on any atom is -0.330 e. The molecule has 0 aliphatic rings. The van der Waals surface area contributed by atoms with Gasteiger partial charge in [-0.05, 0) is 13.0 Å². The molecule has 13 heavy (non-hydrogen) atoms. The average Bonchev–Trinajstić information content (AvgIpc) is 2.68. The van der Waals surface area contributed by atoms with Crippen LogP contribution in [0, 0.1) is 0 Å². The predicted molar refractivity (Wildman–Crippen MR) is 57.5 cm³/mol. The second-order valence-electron chi connectivity index (χ2n) is 2.66. The van der Waals surface area contributed by atoms with Crippen molar-refractivity contribution in [3.8, 4) is 0 Å². The third-order valence-electron chi connectivity index (χ3n) is 1.71. The molecule has 0 unspecified atom stereocenters. The van der Waals surface area contributed by atoms with Gasteiger partial charge in [0.1, 0.15) is 16.2 Å². The van der Waals surface area contributed by atoms with Gasteiger partial charge in [-0.2, -0.15) is 0 Å². The molecule has 0 atom stereocenters. The fourth-order valence-corrected chi connectivity index (χ4v) is 2.94. The second kappa shape index (κ2) is 4.13. The maximum absolute atomic E-state index is 5.42. The monoisotopic (exact) mass is 213 g/mol. The molecule has 2 N–H and O–H groups in total. The van der Waals surface area contributed by atoms with Gasteiger partial charge in [-0.1, -0.05) is 0 Å². The summed E-state index contributed by atoms with van der Waals surface area (Å²) >= 11 is 3.51. The average molecular weight is 213 g/mol. The SMILES string of the molecule is NCCCSc1ncn2ccsc12. The first-order valence-corrected chi connectivity index (χ1v) is 6.01. The molecule has 0 aromatic carbocycles. The maximum atomic E-state index is 5.42. The molecule has 70 valence electrons. The molecule has 0 amide bonds. The van der Waals surface area contributed by atoms with E-state index in [1.54, 1.807) is 23.1 Å². The molecule has 2 heterocycles. The van der Waals surface area contributed by atoms with Gasteiger partial charge in [0, 0.05) is 17.3 Å². The van der Waals surface area contributed by atoms with E-state index in [1.807, 2.05) is 12.5 Å². The number of aromatic nitrogens is 2. The Balaban J connectivity index is 2.09. The van der Waals surface area contributed by atoms with Crippen LogP contribution in [0.3, 0.4) is 0 Å². The summed E-state index contributed by atoms with van der Waals surface area (Å²) in [6.07, 6.45) is 4.94. The first-order valence-electron chi connectivity index (χ1n) is 4.15. The summed E-state index contributed by atoms with van der Waals surface area (Å²) in [7, 11) is 0. The normalized spacial score (nSPS) is 11.2. The zero-order valence-electron chi connectivity index (χ0n) is 7.14. The van der Waals surface area contributed by atoms with E-state index in [4.69, 9.17) is 5.73 Å². The fourth-order valence-electron chi connectivity index (χ4n) is 1.06. The Morgan fingerprint density at radius 1 is 1.62 bits per heavy atom. The lowest BCUT2D eigenvalue weighted by molar-refractivity contribution is 0.942. The van der Waals surface area contributed by atoms with E-state index >= 15 is 0 Å².